The van der Waals surface area contributed by atoms with Gasteiger partial charge in [-0.25, -0.2) is 8.42 Å². The first-order valence-corrected chi connectivity index (χ1v) is 10.4. The number of rotatable bonds is 9. The van der Waals surface area contributed by atoms with Crippen LogP contribution in [0.15, 0.2) is 53.4 Å². The van der Waals surface area contributed by atoms with Gasteiger partial charge in [-0.2, -0.15) is 0 Å². The maximum atomic E-state index is 12.5. The second-order valence-electron chi connectivity index (χ2n) is 6.32. The van der Waals surface area contributed by atoms with Gasteiger partial charge in [0.2, 0.25) is 5.91 Å². The molecule has 0 atom stereocenters. The molecule has 2 aromatic rings. The van der Waals surface area contributed by atoms with Gasteiger partial charge in [0.15, 0.2) is 0 Å². The Balaban J connectivity index is 1.99. The van der Waals surface area contributed by atoms with Crippen molar-refractivity contribution in [2.45, 2.75) is 50.8 Å². The van der Waals surface area contributed by atoms with Crippen molar-refractivity contribution < 1.29 is 13.2 Å². The third-order valence-electron chi connectivity index (χ3n) is 4.01. The third-order valence-corrected chi connectivity index (χ3v) is 5.41. The van der Waals surface area contributed by atoms with Crippen LogP contribution in [0.25, 0.3) is 0 Å². The molecular formula is C20H26N2O3S. The van der Waals surface area contributed by atoms with Crippen LogP contribution in [0.2, 0.25) is 0 Å². The average molecular weight is 375 g/mol. The Bertz CT molecular complexity index is 813. The van der Waals surface area contributed by atoms with Gasteiger partial charge in [-0.3, -0.25) is 9.52 Å². The molecule has 2 rings (SSSR count). The molecule has 6 heteroatoms. The summed E-state index contributed by atoms with van der Waals surface area (Å²) in [6.45, 7) is 3.60. The summed E-state index contributed by atoms with van der Waals surface area (Å²) in [5.41, 5.74) is 2.22. The van der Waals surface area contributed by atoms with Crippen molar-refractivity contribution in [1.29, 1.82) is 0 Å². The van der Waals surface area contributed by atoms with Gasteiger partial charge in [-0.15, -0.1) is 0 Å². The lowest BCUT2D eigenvalue weighted by Gasteiger charge is -2.10. The van der Waals surface area contributed by atoms with Crippen LogP contribution in [-0.2, 0) is 21.2 Å². The minimum absolute atomic E-state index is 0.173. The van der Waals surface area contributed by atoms with E-state index in [0.29, 0.717) is 11.4 Å². The van der Waals surface area contributed by atoms with E-state index in [4.69, 9.17) is 0 Å². The zero-order valence-electron chi connectivity index (χ0n) is 15.3. The van der Waals surface area contributed by atoms with E-state index >= 15 is 0 Å². The Morgan fingerprint density at radius 1 is 0.885 bits per heavy atom. The van der Waals surface area contributed by atoms with E-state index in [1.807, 2.05) is 12.1 Å². The molecular weight excluding hydrogens is 348 g/mol. The van der Waals surface area contributed by atoms with Crippen molar-refractivity contribution in [1.82, 2.24) is 0 Å². The molecule has 0 saturated carbocycles. The van der Waals surface area contributed by atoms with Crippen LogP contribution in [0.5, 0.6) is 0 Å². The number of carbonyl (C=O) groups is 1. The molecule has 0 bridgehead atoms. The maximum absolute atomic E-state index is 12.5. The molecule has 0 aromatic heterocycles. The van der Waals surface area contributed by atoms with Crippen molar-refractivity contribution in [3.8, 4) is 0 Å². The molecule has 0 aliphatic carbocycles. The number of carbonyl (C=O) groups excluding carboxylic acids is 1. The van der Waals surface area contributed by atoms with Crippen molar-refractivity contribution in [3.63, 3.8) is 0 Å². The summed E-state index contributed by atoms with van der Waals surface area (Å²) < 4.78 is 27.5. The van der Waals surface area contributed by atoms with E-state index in [2.05, 4.69) is 17.0 Å². The summed E-state index contributed by atoms with van der Waals surface area (Å²) in [6.07, 6.45) is 5.73. The zero-order valence-corrected chi connectivity index (χ0v) is 16.1. The van der Waals surface area contributed by atoms with Crippen molar-refractivity contribution in [2.24, 2.45) is 0 Å². The van der Waals surface area contributed by atoms with Gasteiger partial charge in [0, 0.05) is 18.3 Å². The van der Waals surface area contributed by atoms with Gasteiger partial charge in [0.1, 0.15) is 0 Å². The summed E-state index contributed by atoms with van der Waals surface area (Å²) in [7, 11) is -3.63. The van der Waals surface area contributed by atoms with Crippen LogP contribution in [0.4, 0.5) is 11.4 Å². The Labute approximate surface area is 155 Å². The monoisotopic (exact) mass is 374 g/mol. The maximum Gasteiger partial charge on any atom is 0.261 e. The van der Waals surface area contributed by atoms with E-state index in [9.17, 15) is 13.2 Å². The number of aryl methyl sites for hydroxylation is 1. The summed E-state index contributed by atoms with van der Waals surface area (Å²) in [6, 6.07) is 13.6. The molecule has 0 aliphatic rings. The second-order valence-corrected chi connectivity index (χ2v) is 8.00. The van der Waals surface area contributed by atoms with E-state index in [1.54, 1.807) is 36.4 Å². The highest BCUT2D eigenvalue weighted by molar-refractivity contribution is 7.92. The fourth-order valence-corrected chi connectivity index (χ4v) is 3.69. The second kappa shape index (κ2) is 9.38. The largest absolute Gasteiger partial charge is 0.326 e. The number of sulfonamides is 1. The predicted octanol–water partition coefficient (Wildman–Crippen LogP) is 4.57. The van der Waals surface area contributed by atoms with Gasteiger partial charge in [0.05, 0.1) is 4.90 Å². The Morgan fingerprint density at radius 3 is 2.08 bits per heavy atom. The van der Waals surface area contributed by atoms with E-state index in [1.165, 1.54) is 26.2 Å². The first kappa shape index (κ1) is 20.0. The molecule has 0 saturated heterocycles. The Morgan fingerprint density at radius 2 is 1.50 bits per heavy atom. The molecule has 0 fully saturated rings. The number of hydrogen-bond acceptors (Lipinski definition) is 3. The molecule has 0 unspecified atom stereocenters. The fourth-order valence-electron chi connectivity index (χ4n) is 2.63. The van der Waals surface area contributed by atoms with Gasteiger partial charge >= 0.3 is 0 Å². The number of unbranched alkanes of at least 4 members (excludes halogenated alkanes) is 3. The van der Waals surface area contributed by atoms with Crippen LogP contribution >= 0.6 is 0 Å². The minimum Gasteiger partial charge on any atom is -0.326 e. The summed E-state index contributed by atoms with van der Waals surface area (Å²) in [4.78, 5) is 11.3. The van der Waals surface area contributed by atoms with Crippen LogP contribution < -0.4 is 10.0 Å². The summed E-state index contributed by atoms with van der Waals surface area (Å²) in [5.74, 6) is -0.173. The molecule has 26 heavy (non-hydrogen) atoms. The molecule has 140 valence electrons. The number of nitrogens with one attached hydrogen (secondary N) is 2. The fraction of sp³-hybridized carbons (Fsp3) is 0.350. The van der Waals surface area contributed by atoms with Crippen LogP contribution in [0.1, 0.15) is 45.1 Å². The lowest BCUT2D eigenvalue weighted by Crippen LogP contribution is -2.13. The number of amides is 1. The van der Waals surface area contributed by atoms with E-state index < -0.39 is 10.0 Å². The van der Waals surface area contributed by atoms with Crippen molar-refractivity contribution in [2.75, 3.05) is 10.0 Å². The molecule has 0 heterocycles. The summed E-state index contributed by atoms with van der Waals surface area (Å²) >= 11 is 0. The highest BCUT2D eigenvalue weighted by Gasteiger charge is 2.14. The highest BCUT2D eigenvalue weighted by Crippen LogP contribution is 2.19. The van der Waals surface area contributed by atoms with Gasteiger partial charge in [-0.05, 0) is 54.8 Å². The topological polar surface area (TPSA) is 75.3 Å². The molecule has 0 radical (unpaired) electrons. The Kier molecular flexibility index (Phi) is 7.21. The molecule has 1 amide bonds. The SMILES string of the molecule is CCCCCCc1ccc(S(=O)(=O)Nc2ccc(NC(C)=O)cc2)cc1. The molecule has 0 aliphatic heterocycles. The number of hydrogen-bond donors (Lipinski definition) is 2. The van der Waals surface area contributed by atoms with Crippen molar-refractivity contribution in [3.05, 3.63) is 54.1 Å². The zero-order chi connectivity index (χ0) is 19.0. The quantitative estimate of drug-likeness (QED) is 0.631. The first-order chi connectivity index (χ1) is 12.4. The predicted molar refractivity (Wildman–Crippen MR) is 106 cm³/mol. The average Bonchev–Trinajstić information content (AvgIpc) is 2.60. The lowest BCUT2D eigenvalue weighted by atomic mass is 10.1. The first-order valence-electron chi connectivity index (χ1n) is 8.90. The summed E-state index contributed by atoms with van der Waals surface area (Å²) in [5, 5.41) is 2.64. The number of anilines is 2. The van der Waals surface area contributed by atoms with Gasteiger partial charge < -0.3 is 5.32 Å². The minimum atomic E-state index is -3.63. The van der Waals surface area contributed by atoms with Crippen molar-refractivity contribution >= 4 is 27.3 Å². The van der Waals surface area contributed by atoms with E-state index in [-0.39, 0.29) is 10.8 Å². The third kappa shape index (κ3) is 6.19. The van der Waals surface area contributed by atoms with Gasteiger partial charge in [-0.1, -0.05) is 38.3 Å². The van der Waals surface area contributed by atoms with Gasteiger partial charge in [0.25, 0.3) is 10.0 Å². The molecule has 2 N–H and O–H groups in total. The smallest absolute Gasteiger partial charge is 0.261 e. The number of benzene rings is 2. The Hall–Kier alpha value is -2.34. The molecule has 0 spiro atoms. The van der Waals surface area contributed by atoms with Crippen LogP contribution in [0, 0.1) is 0 Å². The van der Waals surface area contributed by atoms with Crippen LogP contribution in [0.3, 0.4) is 0 Å². The molecule has 5 nitrogen and oxygen atoms in total. The molecule has 2 aromatic carbocycles. The van der Waals surface area contributed by atoms with E-state index in [0.717, 1.165) is 18.4 Å². The van der Waals surface area contributed by atoms with Crippen LogP contribution in [-0.4, -0.2) is 14.3 Å². The highest BCUT2D eigenvalue weighted by atomic mass is 32.2. The standard InChI is InChI=1S/C20H26N2O3S/c1-3-4-5-6-7-17-8-14-20(15-9-17)26(24,25)22-19-12-10-18(11-13-19)21-16(2)23/h8-15,22H,3-7H2,1-2H3,(H,21,23). The normalized spacial score (nSPS) is 11.2. The lowest BCUT2D eigenvalue weighted by molar-refractivity contribution is -0.114.